The number of piperazine rings is 1. The zero-order valence-corrected chi connectivity index (χ0v) is 20.1. The maximum atomic E-state index is 12.7. The van der Waals surface area contributed by atoms with Crippen molar-refractivity contribution in [1.29, 1.82) is 0 Å². The first-order chi connectivity index (χ1) is 16.5. The number of hydrogen-bond donors (Lipinski definition) is 1. The summed E-state index contributed by atoms with van der Waals surface area (Å²) in [6, 6.07) is 17.8. The highest BCUT2D eigenvalue weighted by Gasteiger charge is 2.23. The minimum atomic E-state index is 0.0208. The molecule has 1 fully saturated rings. The summed E-state index contributed by atoms with van der Waals surface area (Å²) in [5.74, 6) is 2.35. The van der Waals surface area contributed by atoms with Crippen LogP contribution in [0.4, 0.5) is 0 Å². The molecule has 34 heavy (non-hydrogen) atoms. The molecule has 0 spiro atoms. The van der Waals surface area contributed by atoms with Crippen molar-refractivity contribution in [3.63, 3.8) is 0 Å². The second-order valence-electron chi connectivity index (χ2n) is 8.99. The second-order valence-corrected chi connectivity index (χ2v) is 8.99. The molecule has 0 aliphatic carbocycles. The molecule has 1 N–H and O–H groups in total. The highest BCUT2D eigenvalue weighted by molar-refractivity contribution is 5.78. The fourth-order valence-corrected chi connectivity index (χ4v) is 4.19. The van der Waals surface area contributed by atoms with Gasteiger partial charge in [0, 0.05) is 31.7 Å². The van der Waals surface area contributed by atoms with Gasteiger partial charge in [0.05, 0.1) is 26.2 Å². The van der Waals surface area contributed by atoms with Crippen molar-refractivity contribution in [1.82, 2.24) is 25.3 Å². The van der Waals surface area contributed by atoms with E-state index in [-0.39, 0.29) is 11.9 Å². The maximum absolute atomic E-state index is 12.7. The Morgan fingerprint density at radius 2 is 1.71 bits per heavy atom. The van der Waals surface area contributed by atoms with Crippen molar-refractivity contribution in [3.05, 3.63) is 66.1 Å². The highest BCUT2D eigenvalue weighted by Crippen LogP contribution is 2.22. The van der Waals surface area contributed by atoms with E-state index in [1.807, 2.05) is 42.5 Å². The number of carbonyl (C=O) groups is 1. The van der Waals surface area contributed by atoms with Crippen molar-refractivity contribution < 1.29 is 14.1 Å². The molecule has 1 atom stereocenters. The van der Waals surface area contributed by atoms with Gasteiger partial charge in [-0.3, -0.25) is 14.6 Å². The standard InChI is InChI=1S/C26H33N5O3/c1-19(2)25(20-7-5-4-6-8-20)27-23(32)17-30-13-15-31(16-14-30)18-24-28-26(29-34-24)21-9-11-22(33-3)12-10-21/h4-12,19,25H,13-18H2,1-3H3,(H,27,32). The van der Waals surface area contributed by atoms with Crippen LogP contribution in [0.3, 0.4) is 0 Å². The molecule has 2 heterocycles. The van der Waals surface area contributed by atoms with Crippen molar-refractivity contribution >= 4 is 5.91 Å². The van der Waals surface area contributed by atoms with Crippen LogP contribution in [0.25, 0.3) is 11.4 Å². The van der Waals surface area contributed by atoms with Gasteiger partial charge in [-0.25, -0.2) is 0 Å². The third kappa shape index (κ3) is 6.21. The lowest BCUT2D eigenvalue weighted by Crippen LogP contribution is -2.49. The summed E-state index contributed by atoms with van der Waals surface area (Å²) in [5.41, 5.74) is 2.03. The number of hydrogen-bond acceptors (Lipinski definition) is 7. The van der Waals surface area contributed by atoms with Crippen molar-refractivity contribution in [2.45, 2.75) is 26.4 Å². The molecule has 1 aliphatic heterocycles. The molecule has 4 rings (SSSR count). The molecule has 0 radical (unpaired) electrons. The van der Waals surface area contributed by atoms with Gasteiger partial charge in [0.1, 0.15) is 5.75 Å². The molecule has 3 aromatic rings. The first-order valence-corrected chi connectivity index (χ1v) is 11.8. The van der Waals surface area contributed by atoms with E-state index in [0.29, 0.717) is 30.7 Å². The monoisotopic (exact) mass is 463 g/mol. The van der Waals surface area contributed by atoms with E-state index in [1.54, 1.807) is 7.11 Å². The summed E-state index contributed by atoms with van der Waals surface area (Å²) in [4.78, 5) is 21.8. The Balaban J connectivity index is 1.24. The molecular formula is C26H33N5O3. The van der Waals surface area contributed by atoms with E-state index in [0.717, 1.165) is 43.1 Å². The van der Waals surface area contributed by atoms with E-state index >= 15 is 0 Å². The summed E-state index contributed by atoms with van der Waals surface area (Å²) < 4.78 is 10.7. The van der Waals surface area contributed by atoms with Crippen molar-refractivity contribution in [2.24, 2.45) is 5.92 Å². The Morgan fingerprint density at radius 3 is 2.35 bits per heavy atom. The van der Waals surface area contributed by atoms with Gasteiger partial charge in [0.15, 0.2) is 0 Å². The predicted molar refractivity (Wildman–Crippen MR) is 130 cm³/mol. The molecule has 180 valence electrons. The number of nitrogens with one attached hydrogen (secondary N) is 1. The molecule has 2 aromatic carbocycles. The van der Waals surface area contributed by atoms with Gasteiger partial charge >= 0.3 is 0 Å². The highest BCUT2D eigenvalue weighted by atomic mass is 16.5. The third-order valence-electron chi connectivity index (χ3n) is 6.15. The van der Waals surface area contributed by atoms with Gasteiger partial charge in [-0.15, -0.1) is 0 Å². The molecule has 0 bridgehead atoms. The summed E-state index contributed by atoms with van der Waals surface area (Å²) in [7, 11) is 1.64. The lowest BCUT2D eigenvalue weighted by molar-refractivity contribution is -0.123. The Morgan fingerprint density at radius 1 is 1.03 bits per heavy atom. The van der Waals surface area contributed by atoms with E-state index < -0.39 is 0 Å². The lowest BCUT2D eigenvalue weighted by Gasteiger charge is -2.34. The molecule has 1 amide bonds. The van der Waals surface area contributed by atoms with Gasteiger partial charge in [-0.2, -0.15) is 4.98 Å². The van der Waals surface area contributed by atoms with E-state index in [2.05, 4.69) is 51.2 Å². The Hall–Kier alpha value is -3.23. The molecule has 1 aromatic heterocycles. The number of carbonyl (C=O) groups excluding carboxylic acids is 1. The largest absolute Gasteiger partial charge is 0.497 e. The number of nitrogens with zero attached hydrogens (tertiary/aromatic N) is 4. The van der Waals surface area contributed by atoms with Crippen molar-refractivity contribution in [2.75, 3.05) is 39.8 Å². The SMILES string of the molecule is COc1ccc(-c2noc(CN3CCN(CC(=O)NC(c4ccccc4)C(C)C)CC3)n2)cc1. The van der Waals surface area contributed by atoms with E-state index in [9.17, 15) is 4.79 Å². The molecule has 8 heteroatoms. The van der Waals surface area contributed by atoms with E-state index in [4.69, 9.17) is 9.26 Å². The minimum absolute atomic E-state index is 0.0208. The number of methoxy groups -OCH3 is 1. The molecule has 1 saturated heterocycles. The van der Waals surface area contributed by atoms with Crippen LogP contribution in [0.1, 0.15) is 31.3 Å². The average Bonchev–Trinajstić information content (AvgIpc) is 3.32. The zero-order chi connectivity index (χ0) is 23.9. The number of benzene rings is 2. The van der Waals surface area contributed by atoms with Crippen molar-refractivity contribution in [3.8, 4) is 17.1 Å². The number of rotatable bonds is 9. The van der Waals surface area contributed by atoms with E-state index in [1.165, 1.54) is 0 Å². The van der Waals surface area contributed by atoms with Crippen LogP contribution in [-0.4, -0.2) is 65.7 Å². The minimum Gasteiger partial charge on any atom is -0.497 e. The molecule has 8 nitrogen and oxygen atoms in total. The topological polar surface area (TPSA) is 83.7 Å². The predicted octanol–water partition coefficient (Wildman–Crippen LogP) is 3.38. The van der Waals surface area contributed by atoms with Crippen LogP contribution in [0, 0.1) is 5.92 Å². The van der Waals surface area contributed by atoms with Gasteiger partial charge in [-0.05, 0) is 35.7 Å². The number of aromatic nitrogens is 2. The van der Waals surface area contributed by atoms with Gasteiger partial charge < -0.3 is 14.6 Å². The van der Waals surface area contributed by atoms with Gasteiger partial charge in [0.2, 0.25) is 17.6 Å². The fourth-order valence-electron chi connectivity index (χ4n) is 4.19. The molecule has 1 unspecified atom stereocenters. The molecular weight excluding hydrogens is 430 g/mol. The summed E-state index contributed by atoms with van der Waals surface area (Å²) in [5, 5.41) is 7.33. The molecule has 0 saturated carbocycles. The maximum Gasteiger partial charge on any atom is 0.241 e. The Bertz CT molecular complexity index is 1040. The average molecular weight is 464 g/mol. The Kier molecular flexibility index (Phi) is 7.92. The van der Waals surface area contributed by atoms with Crippen LogP contribution in [-0.2, 0) is 11.3 Å². The van der Waals surface area contributed by atoms with Crippen LogP contribution < -0.4 is 10.1 Å². The lowest BCUT2D eigenvalue weighted by atomic mass is 9.96. The van der Waals surface area contributed by atoms with Gasteiger partial charge in [0.25, 0.3) is 0 Å². The van der Waals surface area contributed by atoms with Crippen LogP contribution in [0.15, 0.2) is 59.1 Å². The van der Waals surface area contributed by atoms with Crippen LogP contribution in [0.2, 0.25) is 0 Å². The van der Waals surface area contributed by atoms with Gasteiger partial charge in [-0.1, -0.05) is 49.3 Å². The fraction of sp³-hybridized carbons (Fsp3) is 0.423. The summed E-state index contributed by atoms with van der Waals surface area (Å²) in [6.07, 6.45) is 0. The normalized spacial score (nSPS) is 15.9. The summed E-state index contributed by atoms with van der Waals surface area (Å²) >= 11 is 0. The van der Waals surface area contributed by atoms with Crippen LogP contribution in [0.5, 0.6) is 5.75 Å². The van der Waals surface area contributed by atoms with Crippen LogP contribution >= 0.6 is 0 Å². The zero-order valence-electron chi connectivity index (χ0n) is 20.1. The molecule has 1 aliphatic rings. The second kappa shape index (κ2) is 11.3. The first kappa shape index (κ1) is 23.9. The first-order valence-electron chi connectivity index (χ1n) is 11.8. The number of amides is 1. The third-order valence-corrected chi connectivity index (χ3v) is 6.15. The number of ether oxygens (including phenoxy) is 1. The Labute approximate surface area is 200 Å². The quantitative estimate of drug-likeness (QED) is 0.521. The summed E-state index contributed by atoms with van der Waals surface area (Å²) in [6.45, 7) is 8.62. The smallest absolute Gasteiger partial charge is 0.241 e.